The van der Waals surface area contributed by atoms with Crippen LogP contribution in [0.1, 0.15) is 26.4 Å². The second-order valence-electron chi connectivity index (χ2n) is 6.93. The fourth-order valence-corrected chi connectivity index (χ4v) is 6.10. The Labute approximate surface area is 171 Å². The molecule has 0 saturated heterocycles. The zero-order valence-electron chi connectivity index (χ0n) is 15.5. The van der Waals surface area contributed by atoms with Crippen molar-refractivity contribution in [2.45, 2.75) is 18.7 Å². The summed E-state index contributed by atoms with van der Waals surface area (Å²) in [4.78, 5) is 16.6. The highest BCUT2D eigenvalue weighted by atomic mass is 32.2. The molecule has 3 aromatic rings. The molecule has 144 valence electrons. The summed E-state index contributed by atoms with van der Waals surface area (Å²) in [5.74, 6) is 3.65. The third kappa shape index (κ3) is 3.08. The number of carbonyl (C=O) groups is 1. The van der Waals surface area contributed by atoms with E-state index in [9.17, 15) is 4.79 Å². The van der Waals surface area contributed by atoms with Crippen LogP contribution in [-0.4, -0.2) is 35.0 Å². The average Bonchev–Trinajstić information content (AvgIpc) is 3.45. The van der Waals surface area contributed by atoms with E-state index in [0.717, 1.165) is 45.6 Å². The Balaban J connectivity index is 1.46. The monoisotopic (exact) mass is 412 g/mol. The van der Waals surface area contributed by atoms with E-state index in [0.29, 0.717) is 6.54 Å². The van der Waals surface area contributed by atoms with E-state index in [4.69, 9.17) is 9.47 Å². The first kappa shape index (κ1) is 17.7. The van der Waals surface area contributed by atoms with Crippen molar-refractivity contribution < 1.29 is 14.3 Å². The van der Waals surface area contributed by atoms with Crippen molar-refractivity contribution in [3.8, 4) is 16.5 Å². The number of ether oxygens (including phenoxy) is 2. The highest BCUT2D eigenvalue weighted by Gasteiger charge is 2.28. The lowest BCUT2D eigenvalue weighted by molar-refractivity contribution is 0.0784. The number of aromatic nitrogens is 1. The van der Waals surface area contributed by atoms with Gasteiger partial charge in [-0.2, -0.15) is 11.8 Å². The number of thiophene rings is 1. The first-order chi connectivity index (χ1) is 13.7. The molecule has 5 nitrogen and oxygen atoms in total. The Morgan fingerprint density at radius 3 is 2.89 bits per heavy atom. The minimum Gasteiger partial charge on any atom is -0.454 e. The third-order valence-electron chi connectivity index (χ3n) is 5.06. The van der Waals surface area contributed by atoms with Gasteiger partial charge in [0.25, 0.3) is 5.91 Å². The van der Waals surface area contributed by atoms with Crippen molar-refractivity contribution in [3.05, 3.63) is 64.3 Å². The quantitative estimate of drug-likeness (QED) is 0.640. The van der Waals surface area contributed by atoms with Gasteiger partial charge in [0, 0.05) is 36.6 Å². The van der Waals surface area contributed by atoms with Gasteiger partial charge in [-0.15, -0.1) is 11.3 Å². The maximum absolute atomic E-state index is 13.5. The lowest BCUT2D eigenvalue weighted by atomic mass is 10.1. The SMILES string of the molecule is CN(Cc1ccc2c(c1)OCO2)C(=O)c1c(-n2cccc2)sc2c1CCSC2. The fourth-order valence-electron chi connectivity index (χ4n) is 3.67. The van der Waals surface area contributed by atoms with Crippen LogP contribution in [0.3, 0.4) is 0 Å². The Morgan fingerprint density at radius 2 is 2.04 bits per heavy atom. The van der Waals surface area contributed by atoms with Crippen LogP contribution in [0, 0.1) is 0 Å². The van der Waals surface area contributed by atoms with Crippen molar-refractivity contribution >= 4 is 29.0 Å². The molecule has 2 aliphatic heterocycles. The largest absolute Gasteiger partial charge is 0.454 e. The standard InChI is InChI=1S/C21H20N2O3S2/c1-22(11-14-4-5-16-17(10-14)26-13-25-16)20(24)19-15-6-9-27-12-18(15)28-21(19)23-7-2-3-8-23/h2-5,7-8,10H,6,9,11-13H2,1H3. The summed E-state index contributed by atoms with van der Waals surface area (Å²) in [6, 6.07) is 9.85. The van der Waals surface area contributed by atoms with Crippen LogP contribution in [0.15, 0.2) is 42.7 Å². The zero-order chi connectivity index (χ0) is 19.1. The Kier molecular flexibility index (Phi) is 4.56. The van der Waals surface area contributed by atoms with Crippen LogP contribution in [-0.2, 0) is 18.7 Å². The van der Waals surface area contributed by atoms with Crippen molar-refractivity contribution in [3.63, 3.8) is 0 Å². The highest BCUT2D eigenvalue weighted by molar-refractivity contribution is 7.98. The molecule has 0 N–H and O–H groups in total. The molecule has 2 aromatic heterocycles. The lowest BCUT2D eigenvalue weighted by Crippen LogP contribution is -2.28. The number of hydrogen-bond acceptors (Lipinski definition) is 5. The summed E-state index contributed by atoms with van der Waals surface area (Å²) in [6.45, 7) is 0.785. The number of nitrogens with zero attached hydrogens (tertiary/aromatic N) is 2. The zero-order valence-corrected chi connectivity index (χ0v) is 17.1. The first-order valence-electron chi connectivity index (χ1n) is 9.20. The number of rotatable bonds is 4. The van der Waals surface area contributed by atoms with Crippen molar-refractivity contribution in [1.82, 2.24) is 9.47 Å². The molecule has 0 unspecified atom stereocenters. The molecule has 2 aliphatic rings. The van der Waals surface area contributed by atoms with E-state index in [1.807, 2.05) is 61.5 Å². The van der Waals surface area contributed by atoms with E-state index in [1.165, 1.54) is 10.4 Å². The van der Waals surface area contributed by atoms with Crippen LogP contribution in [0.4, 0.5) is 0 Å². The number of carbonyl (C=O) groups excluding carboxylic acids is 1. The molecule has 0 radical (unpaired) electrons. The predicted molar refractivity (Wildman–Crippen MR) is 112 cm³/mol. The Hall–Kier alpha value is -2.38. The maximum Gasteiger partial charge on any atom is 0.257 e. The summed E-state index contributed by atoms with van der Waals surface area (Å²) in [7, 11) is 1.87. The van der Waals surface area contributed by atoms with E-state index >= 15 is 0 Å². The van der Waals surface area contributed by atoms with Gasteiger partial charge in [-0.25, -0.2) is 0 Å². The van der Waals surface area contributed by atoms with Crippen molar-refractivity contribution in [2.75, 3.05) is 19.6 Å². The smallest absolute Gasteiger partial charge is 0.257 e. The van der Waals surface area contributed by atoms with E-state index in [-0.39, 0.29) is 12.7 Å². The summed E-state index contributed by atoms with van der Waals surface area (Å²) < 4.78 is 12.9. The number of benzene rings is 1. The molecule has 0 saturated carbocycles. The van der Waals surface area contributed by atoms with Crippen LogP contribution < -0.4 is 9.47 Å². The van der Waals surface area contributed by atoms with Crippen LogP contribution in [0.5, 0.6) is 11.5 Å². The normalized spacial score (nSPS) is 14.8. The van der Waals surface area contributed by atoms with Crippen LogP contribution in [0.2, 0.25) is 0 Å². The van der Waals surface area contributed by atoms with Crippen molar-refractivity contribution in [1.29, 1.82) is 0 Å². The topological polar surface area (TPSA) is 43.7 Å². The molecule has 0 atom stereocenters. The molecule has 5 rings (SSSR count). The number of fused-ring (bicyclic) bond motifs is 2. The maximum atomic E-state index is 13.5. The highest BCUT2D eigenvalue weighted by Crippen LogP contribution is 2.39. The van der Waals surface area contributed by atoms with Gasteiger partial charge in [0.05, 0.1) is 5.56 Å². The van der Waals surface area contributed by atoms with Crippen LogP contribution in [0.25, 0.3) is 5.00 Å². The summed E-state index contributed by atoms with van der Waals surface area (Å²) in [5.41, 5.74) is 3.12. The van der Waals surface area contributed by atoms with E-state index < -0.39 is 0 Å². The molecule has 0 aliphatic carbocycles. The molecule has 4 heterocycles. The molecule has 0 fully saturated rings. The number of amides is 1. The van der Waals surface area contributed by atoms with Gasteiger partial charge in [-0.05, 0) is 47.6 Å². The van der Waals surface area contributed by atoms with Gasteiger partial charge in [0.2, 0.25) is 6.79 Å². The van der Waals surface area contributed by atoms with Crippen LogP contribution >= 0.6 is 23.1 Å². The Morgan fingerprint density at radius 1 is 1.21 bits per heavy atom. The molecule has 0 spiro atoms. The van der Waals surface area contributed by atoms with Gasteiger partial charge in [0.1, 0.15) is 5.00 Å². The van der Waals surface area contributed by atoms with Gasteiger partial charge < -0.3 is 18.9 Å². The third-order valence-corrected chi connectivity index (χ3v) is 7.47. The molecule has 28 heavy (non-hydrogen) atoms. The molecular weight excluding hydrogens is 392 g/mol. The van der Waals surface area contributed by atoms with Crippen molar-refractivity contribution in [2.24, 2.45) is 0 Å². The minimum atomic E-state index is 0.0748. The molecule has 1 aromatic carbocycles. The van der Waals surface area contributed by atoms with Gasteiger partial charge in [0.15, 0.2) is 11.5 Å². The molecule has 0 bridgehead atoms. The average molecular weight is 413 g/mol. The predicted octanol–water partition coefficient (Wildman–Crippen LogP) is 4.33. The molecule has 1 amide bonds. The minimum absolute atomic E-state index is 0.0748. The van der Waals surface area contributed by atoms with Gasteiger partial charge >= 0.3 is 0 Å². The second kappa shape index (κ2) is 7.22. The number of thioether (sulfide) groups is 1. The first-order valence-corrected chi connectivity index (χ1v) is 11.2. The van der Waals surface area contributed by atoms with E-state index in [1.54, 1.807) is 16.2 Å². The summed E-state index contributed by atoms with van der Waals surface area (Å²) in [5, 5.41) is 1.03. The fraction of sp³-hybridized carbons (Fsp3) is 0.286. The van der Waals surface area contributed by atoms with Gasteiger partial charge in [-0.3, -0.25) is 4.79 Å². The van der Waals surface area contributed by atoms with E-state index in [2.05, 4.69) is 4.57 Å². The molecular formula is C21H20N2O3S2. The lowest BCUT2D eigenvalue weighted by Gasteiger charge is -2.20. The number of hydrogen-bond donors (Lipinski definition) is 0. The second-order valence-corrected chi connectivity index (χ2v) is 9.11. The Bertz CT molecular complexity index is 1030. The molecule has 7 heteroatoms. The summed E-state index contributed by atoms with van der Waals surface area (Å²) >= 11 is 3.69. The summed E-state index contributed by atoms with van der Waals surface area (Å²) in [6.07, 6.45) is 4.98. The van der Waals surface area contributed by atoms with Gasteiger partial charge in [-0.1, -0.05) is 6.07 Å².